The van der Waals surface area contributed by atoms with Gasteiger partial charge in [-0.1, -0.05) is 35.5 Å². The predicted molar refractivity (Wildman–Crippen MR) is 88.5 cm³/mol. The maximum atomic E-state index is 12.1. The molecule has 2 aromatic rings. The van der Waals surface area contributed by atoms with E-state index in [0.29, 0.717) is 24.7 Å². The molecular formula is C16H20N4O2S. The number of amides is 1. The van der Waals surface area contributed by atoms with E-state index in [0.717, 1.165) is 24.1 Å². The molecule has 6 nitrogen and oxygen atoms in total. The molecule has 1 aromatic carbocycles. The molecular weight excluding hydrogens is 312 g/mol. The number of benzene rings is 1. The molecule has 1 fully saturated rings. The summed E-state index contributed by atoms with van der Waals surface area (Å²) in [6.45, 7) is 3.60. The molecule has 1 aliphatic rings. The summed E-state index contributed by atoms with van der Waals surface area (Å²) in [5.41, 5.74) is 1.97. The minimum atomic E-state index is -0.252. The Morgan fingerprint density at radius 1 is 1.30 bits per heavy atom. The second-order valence-electron chi connectivity index (χ2n) is 5.70. The molecule has 0 radical (unpaired) electrons. The van der Waals surface area contributed by atoms with Gasteiger partial charge in [-0.2, -0.15) is 0 Å². The topological polar surface area (TPSA) is 60.2 Å². The van der Waals surface area contributed by atoms with Gasteiger partial charge in [0.2, 0.25) is 0 Å². The number of aromatic nitrogens is 3. The second kappa shape index (κ2) is 7.04. The van der Waals surface area contributed by atoms with Crippen LogP contribution in [0.4, 0.5) is 4.79 Å². The zero-order valence-electron chi connectivity index (χ0n) is 13.1. The van der Waals surface area contributed by atoms with E-state index in [2.05, 4.69) is 22.9 Å². The van der Waals surface area contributed by atoms with Gasteiger partial charge in [0.1, 0.15) is 11.6 Å². The Morgan fingerprint density at radius 3 is 2.61 bits per heavy atom. The molecule has 0 bridgehead atoms. The van der Waals surface area contributed by atoms with Gasteiger partial charge in [-0.3, -0.25) is 0 Å². The predicted octanol–water partition coefficient (Wildman–Crippen LogP) is 2.85. The van der Waals surface area contributed by atoms with Gasteiger partial charge < -0.3 is 9.64 Å². The van der Waals surface area contributed by atoms with E-state index >= 15 is 0 Å². The van der Waals surface area contributed by atoms with Gasteiger partial charge in [-0.25, -0.2) is 9.48 Å². The van der Waals surface area contributed by atoms with E-state index in [1.165, 1.54) is 0 Å². The SMILES string of the molecule is Cc1c(S)nnn1C1CCN(C(=O)OCc2ccccc2)CC1. The molecule has 0 saturated carbocycles. The highest BCUT2D eigenvalue weighted by Gasteiger charge is 2.26. The number of hydrogen-bond acceptors (Lipinski definition) is 5. The lowest BCUT2D eigenvalue weighted by atomic mass is 10.1. The number of rotatable bonds is 3. The van der Waals surface area contributed by atoms with Crippen LogP contribution in [-0.4, -0.2) is 39.1 Å². The summed E-state index contributed by atoms with van der Waals surface area (Å²) >= 11 is 4.27. The average Bonchev–Trinajstić information content (AvgIpc) is 2.93. The first kappa shape index (κ1) is 15.9. The summed E-state index contributed by atoms with van der Waals surface area (Å²) in [5.74, 6) is 0. The van der Waals surface area contributed by atoms with E-state index in [9.17, 15) is 4.79 Å². The molecule has 23 heavy (non-hydrogen) atoms. The van der Waals surface area contributed by atoms with Crippen LogP contribution >= 0.6 is 12.6 Å². The van der Waals surface area contributed by atoms with Crippen molar-refractivity contribution in [2.45, 2.75) is 37.4 Å². The maximum absolute atomic E-state index is 12.1. The highest BCUT2D eigenvalue weighted by molar-refractivity contribution is 7.80. The first-order valence-electron chi connectivity index (χ1n) is 7.71. The Labute approximate surface area is 140 Å². The van der Waals surface area contributed by atoms with Crippen LogP contribution in [0.15, 0.2) is 35.4 Å². The van der Waals surface area contributed by atoms with E-state index < -0.39 is 0 Å². The van der Waals surface area contributed by atoms with Gasteiger partial charge in [0, 0.05) is 13.1 Å². The van der Waals surface area contributed by atoms with Gasteiger partial charge in [0.15, 0.2) is 0 Å². The monoisotopic (exact) mass is 332 g/mol. The Balaban J connectivity index is 1.50. The zero-order chi connectivity index (χ0) is 16.2. The summed E-state index contributed by atoms with van der Waals surface area (Å²) in [5, 5.41) is 8.78. The molecule has 1 saturated heterocycles. The molecule has 3 rings (SSSR count). The van der Waals surface area contributed by atoms with Crippen molar-refractivity contribution < 1.29 is 9.53 Å². The molecule has 2 heterocycles. The molecule has 122 valence electrons. The van der Waals surface area contributed by atoms with E-state index in [1.54, 1.807) is 4.90 Å². The lowest BCUT2D eigenvalue weighted by Crippen LogP contribution is -2.39. The lowest BCUT2D eigenvalue weighted by Gasteiger charge is -2.31. The van der Waals surface area contributed by atoms with Crippen LogP contribution < -0.4 is 0 Å². The van der Waals surface area contributed by atoms with Crippen LogP contribution in [0.5, 0.6) is 0 Å². The average molecular weight is 332 g/mol. The fourth-order valence-electron chi connectivity index (χ4n) is 2.78. The molecule has 0 N–H and O–H groups in total. The summed E-state index contributed by atoms with van der Waals surface area (Å²) in [6.07, 6.45) is 1.44. The molecule has 1 amide bonds. The summed E-state index contributed by atoms with van der Waals surface area (Å²) in [6, 6.07) is 9.97. The molecule has 0 spiro atoms. The molecule has 1 aliphatic heterocycles. The van der Waals surface area contributed by atoms with Crippen molar-refractivity contribution in [2.24, 2.45) is 0 Å². The van der Waals surface area contributed by atoms with E-state index in [4.69, 9.17) is 4.74 Å². The second-order valence-corrected chi connectivity index (χ2v) is 6.13. The Morgan fingerprint density at radius 2 is 2.00 bits per heavy atom. The highest BCUT2D eigenvalue weighted by Crippen LogP contribution is 2.25. The third-order valence-electron chi connectivity index (χ3n) is 4.18. The van der Waals surface area contributed by atoms with Crippen LogP contribution in [-0.2, 0) is 11.3 Å². The van der Waals surface area contributed by atoms with Crippen LogP contribution in [0, 0.1) is 6.92 Å². The summed E-state index contributed by atoms with van der Waals surface area (Å²) in [7, 11) is 0. The highest BCUT2D eigenvalue weighted by atomic mass is 32.1. The van der Waals surface area contributed by atoms with Crippen molar-refractivity contribution in [1.82, 2.24) is 19.9 Å². The third-order valence-corrected chi connectivity index (χ3v) is 4.59. The van der Waals surface area contributed by atoms with Gasteiger partial charge in [0.05, 0.1) is 11.7 Å². The van der Waals surface area contributed by atoms with E-state index in [-0.39, 0.29) is 12.1 Å². The minimum absolute atomic E-state index is 0.252. The van der Waals surface area contributed by atoms with Crippen molar-refractivity contribution in [3.8, 4) is 0 Å². The van der Waals surface area contributed by atoms with Crippen LogP contribution in [0.25, 0.3) is 0 Å². The number of thiol groups is 1. The van der Waals surface area contributed by atoms with E-state index in [1.807, 2.05) is 41.9 Å². The molecule has 1 aromatic heterocycles. The number of likely N-dealkylation sites (tertiary alicyclic amines) is 1. The van der Waals surface area contributed by atoms with Gasteiger partial charge >= 0.3 is 6.09 Å². The van der Waals surface area contributed by atoms with Gasteiger partial charge in [0.25, 0.3) is 0 Å². The largest absolute Gasteiger partial charge is 0.445 e. The molecule has 0 aliphatic carbocycles. The number of piperidine rings is 1. The maximum Gasteiger partial charge on any atom is 0.410 e. The minimum Gasteiger partial charge on any atom is -0.445 e. The Hall–Kier alpha value is -2.02. The lowest BCUT2D eigenvalue weighted by molar-refractivity contribution is 0.0818. The number of hydrogen-bond donors (Lipinski definition) is 1. The Kier molecular flexibility index (Phi) is 4.85. The standard InChI is InChI=1S/C16H20N4O2S/c1-12-15(23)17-18-20(12)14-7-9-19(10-8-14)16(21)22-11-13-5-3-2-4-6-13/h2-6,14,23H,7-11H2,1H3. The van der Waals surface area contributed by atoms with Crippen molar-refractivity contribution in [3.05, 3.63) is 41.6 Å². The number of carbonyl (C=O) groups excluding carboxylic acids is 1. The van der Waals surface area contributed by atoms with Crippen molar-refractivity contribution in [2.75, 3.05) is 13.1 Å². The smallest absolute Gasteiger partial charge is 0.410 e. The van der Waals surface area contributed by atoms with Crippen LogP contribution in [0.3, 0.4) is 0 Å². The first-order chi connectivity index (χ1) is 11.1. The molecule has 7 heteroatoms. The van der Waals surface area contributed by atoms with Crippen LogP contribution in [0.2, 0.25) is 0 Å². The summed E-state index contributed by atoms with van der Waals surface area (Å²) in [4.78, 5) is 13.9. The van der Waals surface area contributed by atoms with Crippen LogP contribution in [0.1, 0.15) is 30.1 Å². The third kappa shape index (κ3) is 3.67. The Bertz CT molecular complexity index is 666. The summed E-state index contributed by atoms with van der Waals surface area (Å²) < 4.78 is 7.29. The molecule has 0 unspecified atom stereocenters. The number of ether oxygens (including phenoxy) is 1. The zero-order valence-corrected chi connectivity index (χ0v) is 13.9. The van der Waals surface area contributed by atoms with Gasteiger partial charge in [-0.15, -0.1) is 17.7 Å². The van der Waals surface area contributed by atoms with Gasteiger partial charge in [-0.05, 0) is 25.3 Å². The number of carbonyl (C=O) groups is 1. The quantitative estimate of drug-likeness (QED) is 0.878. The van der Waals surface area contributed by atoms with Crippen molar-refractivity contribution >= 4 is 18.7 Å². The molecule has 0 atom stereocenters. The van der Waals surface area contributed by atoms with Crippen molar-refractivity contribution in [1.29, 1.82) is 0 Å². The first-order valence-corrected chi connectivity index (χ1v) is 8.16. The number of nitrogens with zero attached hydrogens (tertiary/aromatic N) is 4. The fraction of sp³-hybridized carbons (Fsp3) is 0.438. The fourth-order valence-corrected chi connectivity index (χ4v) is 2.93. The normalized spacial score (nSPS) is 15.7. The van der Waals surface area contributed by atoms with Crippen molar-refractivity contribution in [3.63, 3.8) is 0 Å².